The van der Waals surface area contributed by atoms with Crippen LogP contribution < -0.4 is 4.90 Å². The fourth-order valence-corrected chi connectivity index (χ4v) is 3.11. The first-order chi connectivity index (χ1) is 10.1. The summed E-state index contributed by atoms with van der Waals surface area (Å²) < 4.78 is 1.87. The maximum Gasteiger partial charge on any atom is 0.0793 e. The molecular weight excluding hydrogens is 262 g/mol. The molecule has 1 aliphatic rings. The van der Waals surface area contributed by atoms with Crippen LogP contribution in [0.15, 0.2) is 30.5 Å². The summed E-state index contributed by atoms with van der Waals surface area (Å²) in [5, 5.41) is 14.6. The van der Waals surface area contributed by atoms with Crippen LogP contribution in [-0.2, 0) is 19.9 Å². The molecule has 1 atom stereocenters. The first kappa shape index (κ1) is 14.1. The van der Waals surface area contributed by atoms with Gasteiger partial charge in [-0.1, -0.05) is 12.1 Å². The van der Waals surface area contributed by atoms with Crippen molar-refractivity contribution in [3.8, 4) is 0 Å². The van der Waals surface area contributed by atoms with Crippen molar-refractivity contribution in [3.05, 3.63) is 47.3 Å². The monoisotopic (exact) mass is 285 g/mol. The molecular formula is C17H23N3O. The molecule has 112 valence electrons. The van der Waals surface area contributed by atoms with E-state index in [9.17, 15) is 5.11 Å². The molecule has 21 heavy (non-hydrogen) atoms. The van der Waals surface area contributed by atoms with E-state index in [0.29, 0.717) is 0 Å². The fraction of sp³-hybridized carbons (Fsp3) is 0.471. The normalized spacial score (nSPS) is 15.9. The van der Waals surface area contributed by atoms with Crippen molar-refractivity contribution in [2.45, 2.75) is 31.8 Å². The zero-order valence-electron chi connectivity index (χ0n) is 12.8. The summed E-state index contributed by atoms with van der Waals surface area (Å²) in [5.74, 6) is 0. The number of hydrogen-bond acceptors (Lipinski definition) is 3. The topological polar surface area (TPSA) is 41.3 Å². The average Bonchev–Trinajstić information content (AvgIpc) is 2.90. The minimum Gasteiger partial charge on any atom is -0.388 e. The number of aryl methyl sites for hydroxylation is 3. The van der Waals surface area contributed by atoms with E-state index in [1.165, 1.54) is 17.7 Å². The van der Waals surface area contributed by atoms with Crippen molar-refractivity contribution in [2.24, 2.45) is 7.05 Å². The van der Waals surface area contributed by atoms with Crippen molar-refractivity contribution in [1.29, 1.82) is 0 Å². The molecule has 4 heteroatoms. The second-order valence-corrected chi connectivity index (χ2v) is 5.91. The van der Waals surface area contributed by atoms with Crippen molar-refractivity contribution >= 4 is 5.69 Å². The van der Waals surface area contributed by atoms with Crippen molar-refractivity contribution in [1.82, 2.24) is 9.78 Å². The van der Waals surface area contributed by atoms with Gasteiger partial charge in [-0.15, -0.1) is 0 Å². The van der Waals surface area contributed by atoms with Gasteiger partial charge in [-0.3, -0.25) is 4.68 Å². The molecule has 0 saturated heterocycles. The molecule has 0 saturated carbocycles. The van der Waals surface area contributed by atoms with E-state index in [4.69, 9.17) is 0 Å². The number of anilines is 1. The molecule has 3 rings (SSSR count). The Kier molecular flexibility index (Phi) is 3.97. The van der Waals surface area contributed by atoms with Gasteiger partial charge in [0, 0.05) is 38.2 Å². The molecule has 1 aliphatic heterocycles. The van der Waals surface area contributed by atoms with Crippen molar-refractivity contribution < 1.29 is 5.11 Å². The fourth-order valence-electron chi connectivity index (χ4n) is 3.11. The minimum atomic E-state index is -0.405. The van der Waals surface area contributed by atoms with Crippen LogP contribution in [0.2, 0.25) is 0 Å². The van der Waals surface area contributed by atoms with E-state index < -0.39 is 6.10 Å². The first-order valence-electron chi connectivity index (χ1n) is 7.64. The third kappa shape index (κ3) is 2.95. The van der Waals surface area contributed by atoms with Gasteiger partial charge in [0.05, 0.1) is 6.10 Å². The number of fused-ring (bicyclic) bond motifs is 1. The molecule has 1 aromatic heterocycles. The number of rotatable bonds is 4. The standard InChI is InChI=1S/C17H23N3O/c1-19-11-3-4-13-12-14(5-7-16(13)19)17(21)8-6-15-9-10-18-20(15)2/h5,7,9-10,12,17,21H,3-4,6,8,11H2,1-2H3. The van der Waals surface area contributed by atoms with E-state index >= 15 is 0 Å². The Morgan fingerprint density at radius 2 is 2.14 bits per heavy atom. The van der Waals surface area contributed by atoms with Gasteiger partial charge >= 0.3 is 0 Å². The zero-order valence-corrected chi connectivity index (χ0v) is 12.8. The summed E-state index contributed by atoms with van der Waals surface area (Å²) in [5.41, 5.74) is 4.86. The lowest BCUT2D eigenvalue weighted by atomic mass is 9.96. The van der Waals surface area contributed by atoms with Crippen LogP contribution in [0.3, 0.4) is 0 Å². The molecule has 0 amide bonds. The van der Waals surface area contributed by atoms with Crippen LogP contribution in [0.4, 0.5) is 5.69 Å². The lowest BCUT2D eigenvalue weighted by molar-refractivity contribution is 0.167. The van der Waals surface area contributed by atoms with Crippen molar-refractivity contribution in [2.75, 3.05) is 18.5 Å². The molecule has 0 aliphatic carbocycles. The highest BCUT2D eigenvalue weighted by molar-refractivity contribution is 5.56. The average molecular weight is 285 g/mol. The SMILES string of the molecule is CN1CCCc2cc(C(O)CCc3ccnn3C)ccc21. The Labute approximate surface area is 126 Å². The van der Waals surface area contributed by atoms with Crippen LogP contribution in [0.5, 0.6) is 0 Å². The Bertz CT molecular complexity index is 620. The summed E-state index contributed by atoms with van der Waals surface area (Å²) in [6.45, 7) is 1.12. The summed E-state index contributed by atoms with van der Waals surface area (Å²) >= 11 is 0. The first-order valence-corrected chi connectivity index (χ1v) is 7.64. The molecule has 1 aromatic carbocycles. The number of benzene rings is 1. The van der Waals surface area contributed by atoms with Gasteiger partial charge in [-0.25, -0.2) is 0 Å². The van der Waals surface area contributed by atoms with Crippen molar-refractivity contribution in [3.63, 3.8) is 0 Å². The number of aromatic nitrogens is 2. The maximum atomic E-state index is 10.4. The predicted octanol–water partition coefficient (Wildman–Crippen LogP) is 2.47. The Morgan fingerprint density at radius 3 is 2.90 bits per heavy atom. The minimum absolute atomic E-state index is 0.405. The Morgan fingerprint density at radius 1 is 1.29 bits per heavy atom. The lowest BCUT2D eigenvalue weighted by Crippen LogP contribution is -2.24. The smallest absolute Gasteiger partial charge is 0.0793 e. The highest BCUT2D eigenvalue weighted by atomic mass is 16.3. The van der Waals surface area contributed by atoms with Gasteiger partial charge in [0.15, 0.2) is 0 Å². The van der Waals surface area contributed by atoms with Gasteiger partial charge < -0.3 is 10.0 Å². The Hall–Kier alpha value is -1.81. The van der Waals surface area contributed by atoms with Crippen LogP contribution in [0.1, 0.15) is 35.8 Å². The molecule has 1 N–H and O–H groups in total. The van der Waals surface area contributed by atoms with Gasteiger partial charge in [-0.2, -0.15) is 5.10 Å². The van der Waals surface area contributed by atoms with Crippen LogP contribution in [0, 0.1) is 0 Å². The molecule has 0 fully saturated rings. The largest absolute Gasteiger partial charge is 0.388 e. The summed E-state index contributed by atoms with van der Waals surface area (Å²) in [6, 6.07) is 8.40. The lowest BCUT2D eigenvalue weighted by Gasteiger charge is -2.28. The van der Waals surface area contributed by atoms with Crippen LogP contribution in [-0.4, -0.2) is 28.5 Å². The molecule has 2 aromatic rings. The highest BCUT2D eigenvalue weighted by Crippen LogP contribution is 2.30. The number of aliphatic hydroxyl groups is 1. The quantitative estimate of drug-likeness (QED) is 0.938. The number of aliphatic hydroxyl groups excluding tert-OH is 1. The van der Waals surface area contributed by atoms with Gasteiger partial charge in [0.25, 0.3) is 0 Å². The Balaban J connectivity index is 1.70. The molecule has 0 bridgehead atoms. The maximum absolute atomic E-state index is 10.4. The van der Waals surface area contributed by atoms with E-state index in [2.05, 4.69) is 35.2 Å². The molecule has 1 unspecified atom stereocenters. The molecule has 2 heterocycles. The van der Waals surface area contributed by atoms with Gasteiger partial charge in [-0.05, 0) is 48.9 Å². The van der Waals surface area contributed by atoms with E-state index in [-0.39, 0.29) is 0 Å². The zero-order chi connectivity index (χ0) is 14.8. The second-order valence-electron chi connectivity index (χ2n) is 5.91. The third-order valence-corrected chi connectivity index (χ3v) is 4.44. The third-order valence-electron chi connectivity index (χ3n) is 4.44. The number of nitrogens with zero attached hydrogens (tertiary/aromatic N) is 3. The second kappa shape index (κ2) is 5.90. The van der Waals surface area contributed by atoms with Crippen LogP contribution >= 0.6 is 0 Å². The van der Waals surface area contributed by atoms with E-state index in [1.807, 2.05) is 17.8 Å². The van der Waals surface area contributed by atoms with Gasteiger partial charge in [0.2, 0.25) is 0 Å². The molecule has 0 spiro atoms. The predicted molar refractivity (Wildman–Crippen MR) is 84.5 cm³/mol. The summed E-state index contributed by atoms with van der Waals surface area (Å²) in [6.07, 6.45) is 5.27. The van der Waals surface area contributed by atoms with Gasteiger partial charge in [0.1, 0.15) is 0 Å². The summed E-state index contributed by atoms with van der Waals surface area (Å²) in [7, 11) is 4.08. The summed E-state index contributed by atoms with van der Waals surface area (Å²) in [4.78, 5) is 2.30. The van der Waals surface area contributed by atoms with Crippen LogP contribution in [0.25, 0.3) is 0 Å². The van der Waals surface area contributed by atoms with E-state index in [1.54, 1.807) is 6.20 Å². The van der Waals surface area contributed by atoms with E-state index in [0.717, 1.165) is 37.1 Å². The number of hydrogen-bond donors (Lipinski definition) is 1. The molecule has 0 radical (unpaired) electrons. The highest BCUT2D eigenvalue weighted by Gasteiger charge is 2.16. The molecule has 4 nitrogen and oxygen atoms in total.